The summed E-state index contributed by atoms with van der Waals surface area (Å²) in [6, 6.07) is 3.39. The van der Waals surface area contributed by atoms with Crippen LogP contribution in [0.2, 0.25) is 0 Å². The van der Waals surface area contributed by atoms with Crippen molar-refractivity contribution in [1.82, 2.24) is 15.2 Å². The number of fused-ring (bicyclic) bond motifs is 2. The zero-order valence-corrected chi connectivity index (χ0v) is 15.3. The highest BCUT2D eigenvalue weighted by atomic mass is 19.1. The molecule has 7 nitrogen and oxygen atoms in total. The van der Waals surface area contributed by atoms with Crippen molar-refractivity contribution in [2.75, 3.05) is 18.0 Å². The molecule has 4 aliphatic rings. The van der Waals surface area contributed by atoms with Crippen molar-refractivity contribution in [1.29, 1.82) is 0 Å². The van der Waals surface area contributed by atoms with Gasteiger partial charge in [-0.15, -0.1) is 5.10 Å². The zero-order chi connectivity index (χ0) is 19.4. The van der Waals surface area contributed by atoms with Crippen LogP contribution >= 0.6 is 0 Å². The molecule has 4 heterocycles. The van der Waals surface area contributed by atoms with Crippen LogP contribution in [-0.2, 0) is 4.79 Å². The highest BCUT2D eigenvalue weighted by Gasteiger charge is 2.53. The van der Waals surface area contributed by atoms with Crippen LogP contribution in [0.1, 0.15) is 30.3 Å². The lowest BCUT2D eigenvalue weighted by Gasteiger charge is -2.52. The van der Waals surface area contributed by atoms with Crippen molar-refractivity contribution in [3.05, 3.63) is 41.3 Å². The first-order valence-corrected chi connectivity index (χ1v) is 9.36. The Labute approximate surface area is 160 Å². The average Bonchev–Trinajstić information content (AvgIpc) is 3.30. The molecule has 6 rings (SSSR count). The van der Waals surface area contributed by atoms with E-state index >= 15 is 0 Å². The summed E-state index contributed by atoms with van der Waals surface area (Å²) in [7, 11) is 0. The molecule has 0 radical (unpaired) electrons. The Bertz CT molecular complexity index is 929. The summed E-state index contributed by atoms with van der Waals surface area (Å²) in [5, 5.41) is 13.6. The van der Waals surface area contributed by atoms with Gasteiger partial charge in [0.05, 0.1) is 6.04 Å². The van der Waals surface area contributed by atoms with Crippen LogP contribution in [0, 0.1) is 36.3 Å². The minimum Gasteiger partial charge on any atom is -0.408 e. The molecule has 3 aliphatic heterocycles. The third-order valence-electron chi connectivity index (χ3n) is 5.93. The fourth-order valence-corrected chi connectivity index (χ4v) is 4.68. The second-order valence-corrected chi connectivity index (χ2v) is 7.73. The number of amides is 1. The van der Waals surface area contributed by atoms with Gasteiger partial charge >= 0.3 is 6.01 Å². The molecule has 2 aromatic rings. The molecule has 9 heteroatoms. The topological polar surface area (TPSA) is 74.8 Å². The number of carbonyl (C=O) groups is 1. The normalized spacial score (nSPS) is 28.5. The SMILES string of the molecule is Cc1nnc(N2CC3CC(C2)C3C(=O)N2N=CCC2c2cc(F)cc(F)c2)o1. The van der Waals surface area contributed by atoms with Crippen molar-refractivity contribution >= 4 is 18.1 Å². The van der Waals surface area contributed by atoms with Gasteiger partial charge in [-0.25, -0.2) is 13.8 Å². The number of aromatic nitrogens is 2. The second kappa shape index (κ2) is 6.35. The summed E-state index contributed by atoms with van der Waals surface area (Å²) in [5.41, 5.74) is 0.427. The number of rotatable bonds is 3. The van der Waals surface area contributed by atoms with Crippen LogP contribution in [0.15, 0.2) is 27.7 Å². The van der Waals surface area contributed by atoms with E-state index in [2.05, 4.69) is 15.3 Å². The molecule has 1 aromatic carbocycles. The number of anilines is 1. The maximum Gasteiger partial charge on any atom is 0.318 e. The fraction of sp³-hybridized carbons (Fsp3) is 0.474. The molecule has 3 atom stereocenters. The lowest BCUT2D eigenvalue weighted by molar-refractivity contribution is -0.148. The summed E-state index contributed by atoms with van der Waals surface area (Å²) < 4.78 is 32.8. The molecule has 0 spiro atoms. The molecule has 3 unspecified atom stereocenters. The monoisotopic (exact) mass is 387 g/mol. The minimum absolute atomic E-state index is 0.0778. The number of halogens is 2. The van der Waals surface area contributed by atoms with Crippen LogP contribution in [0.5, 0.6) is 0 Å². The number of hydrazone groups is 1. The smallest absolute Gasteiger partial charge is 0.318 e. The summed E-state index contributed by atoms with van der Waals surface area (Å²) in [4.78, 5) is 15.2. The summed E-state index contributed by atoms with van der Waals surface area (Å²) in [6.07, 6.45) is 3.05. The van der Waals surface area contributed by atoms with E-state index in [1.807, 2.05) is 4.90 Å². The Morgan fingerprint density at radius 3 is 2.50 bits per heavy atom. The molecule has 2 bridgehead atoms. The second-order valence-electron chi connectivity index (χ2n) is 7.73. The Morgan fingerprint density at radius 1 is 1.14 bits per heavy atom. The highest BCUT2D eigenvalue weighted by molar-refractivity contribution is 5.83. The zero-order valence-electron chi connectivity index (χ0n) is 15.3. The van der Waals surface area contributed by atoms with Crippen molar-refractivity contribution in [2.45, 2.75) is 25.8 Å². The van der Waals surface area contributed by atoms with Gasteiger partial charge in [0.2, 0.25) is 11.8 Å². The van der Waals surface area contributed by atoms with Gasteiger partial charge in [-0.3, -0.25) is 4.79 Å². The number of piperidine rings is 2. The molecular formula is C19H19F2N5O2. The third kappa shape index (κ3) is 2.76. The van der Waals surface area contributed by atoms with E-state index in [9.17, 15) is 13.6 Å². The first-order valence-electron chi connectivity index (χ1n) is 9.36. The van der Waals surface area contributed by atoms with E-state index in [1.165, 1.54) is 17.1 Å². The summed E-state index contributed by atoms with van der Waals surface area (Å²) >= 11 is 0. The molecule has 0 N–H and O–H groups in total. The molecule has 146 valence electrons. The van der Waals surface area contributed by atoms with E-state index in [0.717, 1.165) is 12.5 Å². The molecule has 28 heavy (non-hydrogen) atoms. The predicted molar refractivity (Wildman–Crippen MR) is 95.4 cm³/mol. The molecule has 1 amide bonds. The van der Waals surface area contributed by atoms with Crippen molar-refractivity contribution in [2.24, 2.45) is 22.9 Å². The van der Waals surface area contributed by atoms with Gasteiger partial charge in [-0.05, 0) is 36.0 Å². The van der Waals surface area contributed by atoms with Crippen molar-refractivity contribution in [3.63, 3.8) is 0 Å². The number of benzene rings is 1. The van der Waals surface area contributed by atoms with E-state index in [1.54, 1.807) is 13.1 Å². The van der Waals surface area contributed by atoms with E-state index < -0.39 is 17.7 Å². The number of carbonyl (C=O) groups excluding carboxylic acids is 1. The standard InChI is InChI=1S/C19H19F2N5O2/c1-10-23-24-19(28-10)25-8-12-4-13(9-25)17(12)18(27)26-16(2-3-22-26)11-5-14(20)7-15(21)6-11/h3,5-7,12-13,16-17H,2,4,8-9H2,1H3. The Hall–Kier alpha value is -2.84. The van der Waals surface area contributed by atoms with Crippen LogP contribution in [0.25, 0.3) is 0 Å². The molecule has 1 saturated carbocycles. The van der Waals surface area contributed by atoms with E-state index in [0.29, 0.717) is 37.0 Å². The Balaban J connectivity index is 1.32. The molecule has 3 fully saturated rings. The molecule has 1 aliphatic carbocycles. The first kappa shape index (κ1) is 17.3. The number of nitrogens with zero attached hydrogens (tertiary/aromatic N) is 5. The lowest BCUT2D eigenvalue weighted by atomic mass is 9.61. The van der Waals surface area contributed by atoms with Crippen molar-refractivity contribution < 1.29 is 18.0 Å². The minimum atomic E-state index is -0.652. The van der Waals surface area contributed by atoms with E-state index in [-0.39, 0.29) is 23.7 Å². The van der Waals surface area contributed by atoms with Gasteiger partial charge in [0, 0.05) is 44.6 Å². The van der Waals surface area contributed by atoms with Crippen LogP contribution in [0.3, 0.4) is 0 Å². The summed E-state index contributed by atoms with van der Waals surface area (Å²) in [6.45, 7) is 3.09. The van der Waals surface area contributed by atoms with Crippen LogP contribution < -0.4 is 4.90 Å². The van der Waals surface area contributed by atoms with Gasteiger partial charge in [0.25, 0.3) is 0 Å². The fourth-order valence-electron chi connectivity index (χ4n) is 4.68. The van der Waals surface area contributed by atoms with Gasteiger partial charge in [0.15, 0.2) is 0 Å². The van der Waals surface area contributed by atoms with Gasteiger partial charge in [-0.1, -0.05) is 5.10 Å². The predicted octanol–water partition coefficient (Wildman–Crippen LogP) is 2.69. The molecule has 1 aromatic heterocycles. The van der Waals surface area contributed by atoms with Gasteiger partial charge < -0.3 is 9.32 Å². The number of hydrogen-bond donors (Lipinski definition) is 0. The quantitative estimate of drug-likeness (QED) is 0.810. The average molecular weight is 387 g/mol. The Kier molecular flexibility index (Phi) is 3.92. The van der Waals surface area contributed by atoms with E-state index in [4.69, 9.17) is 4.42 Å². The highest BCUT2D eigenvalue weighted by Crippen LogP contribution is 2.48. The number of aryl methyl sites for hydroxylation is 1. The molecular weight excluding hydrogens is 368 g/mol. The molecule has 2 saturated heterocycles. The van der Waals surface area contributed by atoms with Crippen LogP contribution in [-0.4, -0.2) is 40.4 Å². The van der Waals surface area contributed by atoms with Crippen LogP contribution in [0.4, 0.5) is 14.8 Å². The lowest BCUT2D eigenvalue weighted by Crippen LogP contribution is -2.59. The largest absolute Gasteiger partial charge is 0.408 e. The summed E-state index contributed by atoms with van der Waals surface area (Å²) in [5.74, 6) is -0.653. The van der Waals surface area contributed by atoms with Gasteiger partial charge in [0.1, 0.15) is 11.6 Å². The number of hydrogen-bond acceptors (Lipinski definition) is 6. The maximum atomic E-state index is 13.6. The Morgan fingerprint density at radius 2 is 1.86 bits per heavy atom. The third-order valence-corrected chi connectivity index (χ3v) is 5.93. The van der Waals surface area contributed by atoms with Gasteiger partial charge in [-0.2, -0.15) is 5.10 Å². The van der Waals surface area contributed by atoms with Crippen molar-refractivity contribution in [3.8, 4) is 0 Å². The maximum absolute atomic E-state index is 13.6. The first-order chi connectivity index (χ1) is 13.5.